The Balaban J connectivity index is 1.51. The predicted molar refractivity (Wildman–Crippen MR) is 86.6 cm³/mol. The zero-order valence-corrected chi connectivity index (χ0v) is 13.9. The second kappa shape index (κ2) is 6.29. The van der Waals surface area contributed by atoms with E-state index in [1.165, 1.54) is 12.8 Å². The van der Waals surface area contributed by atoms with Gasteiger partial charge in [0.2, 0.25) is 0 Å². The summed E-state index contributed by atoms with van der Waals surface area (Å²) in [4.78, 5) is 17.6. The maximum Gasteiger partial charge on any atom is 0.257 e. The summed E-state index contributed by atoms with van der Waals surface area (Å²) < 4.78 is 11.2. The van der Waals surface area contributed by atoms with Crippen molar-refractivity contribution in [1.82, 2.24) is 9.80 Å². The van der Waals surface area contributed by atoms with E-state index in [0.717, 1.165) is 50.2 Å². The standard InChI is InChI=1S/C18H26N2O3/c1-22-15-10-14(11-19-7-2-3-8-19)20(12-15)18(21)16-6-9-23-17(16)13-4-5-13/h6,9,13-15H,2-5,7-8,10-12H2,1H3/t14-,15-/m0/s1. The van der Waals surface area contributed by atoms with Crippen molar-refractivity contribution in [3.8, 4) is 0 Å². The van der Waals surface area contributed by atoms with Gasteiger partial charge in [0, 0.05) is 32.2 Å². The third-order valence-electron chi connectivity index (χ3n) is 5.51. The van der Waals surface area contributed by atoms with Crippen molar-refractivity contribution in [3.05, 3.63) is 23.7 Å². The highest BCUT2D eigenvalue weighted by Gasteiger charge is 2.39. The number of likely N-dealkylation sites (tertiary alicyclic amines) is 2. The highest BCUT2D eigenvalue weighted by molar-refractivity contribution is 5.96. The number of nitrogens with zero attached hydrogens (tertiary/aromatic N) is 2. The summed E-state index contributed by atoms with van der Waals surface area (Å²) in [6, 6.07) is 2.11. The summed E-state index contributed by atoms with van der Waals surface area (Å²) in [5, 5.41) is 0. The first-order valence-corrected chi connectivity index (χ1v) is 8.89. The Morgan fingerprint density at radius 3 is 2.83 bits per heavy atom. The summed E-state index contributed by atoms with van der Waals surface area (Å²) in [6.45, 7) is 4.00. The largest absolute Gasteiger partial charge is 0.468 e. The molecule has 0 spiro atoms. The van der Waals surface area contributed by atoms with Gasteiger partial charge in [0.25, 0.3) is 5.91 Å². The Bertz CT molecular complexity index is 560. The van der Waals surface area contributed by atoms with Gasteiger partial charge in [-0.2, -0.15) is 0 Å². The van der Waals surface area contributed by atoms with E-state index in [4.69, 9.17) is 9.15 Å². The summed E-state index contributed by atoms with van der Waals surface area (Å²) in [6.07, 6.45) is 7.61. The molecule has 0 aromatic carbocycles. The van der Waals surface area contributed by atoms with Crippen LogP contribution in [0, 0.1) is 0 Å². The van der Waals surface area contributed by atoms with Crippen molar-refractivity contribution in [1.29, 1.82) is 0 Å². The molecule has 5 heteroatoms. The van der Waals surface area contributed by atoms with Gasteiger partial charge in [0.15, 0.2) is 0 Å². The minimum Gasteiger partial charge on any atom is -0.468 e. The number of rotatable bonds is 5. The van der Waals surface area contributed by atoms with Gasteiger partial charge in [0.05, 0.1) is 17.9 Å². The molecule has 4 rings (SSSR count). The predicted octanol–water partition coefficient (Wildman–Crippen LogP) is 2.48. The summed E-state index contributed by atoms with van der Waals surface area (Å²) in [5.74, 6) is 1.49. The molecule has 2 atom stereocenters. The van der Waals surface area contributed by atoms with Crippen molar-refractivity contribution in [2.24, 2.45) is 0 Å². The molecule has 0 N–H and O–H groups in total. The first-order valence-electron chi connectivity index (χ1n) is 8.89. The van der Waals surface area contributed by atoms with Crippen LogP contribution in [-0.4, -0.2) is 61.1 Å². The molecule has 0 unspecified atom stereocenters. The maximum absolute atomic E-state index is 13.1. The molecule has 1 amide bonds. The minimum atomic E-state index is 0.129. The quantitative estimate of drug-likeness (QED) is 0.837. The number of hydrogen-bond acceptors (Lipinski definition) is 4. The lowest BCUT2D eigenvalue weighted by atomic mass is 10.1. The third-order valence-corrected chi connectivity index (χ3v) is 5.51. The van der Waals surface area contributed by atoms with Crippen LogP contribution in [0.3, 0.4) is 0 Å². The van der Waals surface area contributed by atoms with Crippen LogP contribution in [0.1, 0.15) is 54.1 Å². The van der Waals surface area contributed by atoms with E-state index in [-0.39, 0.29) is 18.1 Å². The lowest BCUT2D eigenvalue weighted by Gasteiger charge is -2.28. The van der Waals surface area contributed by atoms with Gasteiger partial charge in [-0.3, -0.25) is 4.79 Å². The number of hydrogen-bond donors (Lipinski definition) is 0. The molecule has 126 valence electrons. The molecule has 1 saturated carbocycles. The van der Waals surface area contributed by atoms with Crippen molar-refractivity contribution in [3.63, 3.8) is 0 Å². The van der Waals surface area contributed by atoms with E-state index in [1.54, 1.807) is 13.4 Å². The van der Waals surface area contributed by atoms with Gasteiger partial charge in [0.1, 0.15) is 5.76 Å². The summed E-state index contributed by atoms with van der Waals surface area (Å²) >= 11 is 0. The molecule has 3 heterocycles. The number of ether oxygens (including phenoxy) is 1. The van der Waals surface area contributed by atoms with Crippen molar-refractivity contribution in [2.75, 3.05) is 33.3 Å². The molecule has 1 aromatic heterocycles. The number of carbonyl (C=O) groups excluding carboxylic acids is 1. The molecule has 5 nitrogen and oxygen atoms in total. The Kier molecular flexibility index (Phi) is 4.16. The number of carbonyl (C=O) groups is 1. The van der Waals surface area contributed by atoms with Gasteiger partial charge < -0.3 is 19.0 Å². The first-order chi connectivity index (χ1) is 11.3. The minimum absolute atomic E-state index is 0.129. The van der Waals surface area contributed by atoms with Crippen LogP contribution in [0.25, 0.3) is 0 Å². The summed E-state index contributed by atoms with van der Waals surface area (Å²) in [7, 11) is 1.75. The molecule has 1 aliphatic carbocycles. The van der Waals surface area contributed by atoms with Crippen LogP contribution in [0.4, 0.5) is 0 Å². The fourth-order valence-electron chi connectivity index (χ4n) is 4.04. The zero-order valence-electron chi connectivity index (χ0n) is 13.9. The van der Waals surface area contributed by atoms with Crippen molar-refractivity contribution < 1.29 is 13.9 Å². The zero-order chi connectivity index (χ0) is 15.8. The smallest absolute Gasteiger partial charge is 0.257 e. The molecular weight excluding hydrogens is 292 g/mol. The van der Waals surface area contributed by atoms with Gasteiger partial charge in [-0.15, -0.1) is 0 Å². The van der Waals surface area contributed by atoms with Crippen LogP contribution in [0.2, 0.25) is 0 Å². The second-order valence-electron chi connectivity index (χ2n) is 7.19. The van der Waals surface area contributed by atoms with E-state index >= 15 is 0 Å². The van der Waals surface area contributed by atoms with Crippen LogP contribution in [0.5, 0.6) is 0 Å². The number of furan rings is 1. The van der Waals surface area contributed by atoms with Crippen LogP contribution < -0.4 is 0 Å². The lowest BCUT2D eigenvalue weighted by Crippen LogP contribution is -2.42. The molecule has 2 aliphatic heterocycles. The maximum atomic E-state index is 13.1. The summed E-state index contributed by atoms with van der Waals surface area (Å²) in [5.41, 5.74) is 0.774. The van der Waals surface area contributed by atoms with E-state index in [1.807, 2.05) is 11.0 Å². The molecule has 23 heavy (non-hydrogen) atoms. The fourth-order valence-corrected chi connectivity index (χ4v) is 4.04. The molecular formula is C18H26N2O3. The SMILES string of the molecule is CO[C@H]1C[C@@H](CN2CCCC2)N(C(=O)c2ccoc2C2CC2)C1. The third kappa shape index (κ3) is 3.04. The molecule has 3 fully saturated rings. The lowest BCUT2D eigenvalue weighted by molar-refractivity contribution is 0.0668. The van der Waals surface area contributed by atoms with Gasteiger partial charge in [-0.25, -0.2) is 0 Å². The molecule has 0 radical (unpaired) electrons. The monoisotopic (exact) mass is 318 g/mol. The first kappa shape index (κ1) is 15.2. The van der Waals surface area contributed by atoms with E-state index in [9.17, 15) is 4.79 Å². The van der Waals surface area contributed by atoms with Gasteiger partial charge in [-0.1, -0.05) is 0 Å². The normalized spacial score (nSPS) is 28.7. The molecule has 2 saturated heterocycles. The Labute approximate surface area is 137 Å². The van der Waals surface area contributed by atoms with Crippen molar-refractivity contribution >= 4 is 5.91 Å². The average molecular weight is 318 g/mol. The number of methoxy groups -OCH3 is 1. The molecule has 3 aliphatic rings. The van der Waals surface area contributed by atoms with E-state index in [2.05, 4.69) is 4.90 Å². The topological polar surface area (TPSA) is 45.9 Å². The molecule has 1 aromatic rings. The fraction of sp³-hybridized carbons (Fsp3) is 0.722. The van der Waals surface area contributed by atoms with Crippen LogP contribution in [0.15, 0.2) is 16.7 Å². The molecule has 0 bridgehead atoms. The number of amides is 1. The second-order valence-corrected chi connectivity index (χ2v) is 7.19. The average Bonchev–Trinajstić information content (AvgIpc) is 2.99. The van der Waals surface area contributed by atoms with E-state index < -0.39 is 0 Å². The van der Waals surface area contributed by atoms with Crippen molar-refractivity contribution in [2.45, 2.75) is 50.2 Å². The Morgan fingerprint density at radius 2 is 2.13 bits per heavy atom. The highest BCUT2D eigenvalue weighted by Crippen LogP contribution is 2.42. The van der Waals surface area contributed by atoms with Gasteiger partial charge >= 0.3 is 0 Å². The Morgan fingerprint density at radius 1 is 1.35 bits per heavy atom. The van der Waals surface area contributed by atoms with Crippen LogP contribution >= 0.6 is 0 Å². The Hall–Kier alpha value is -1.33. The van der Waals surface area contributed by atoms with Gasteiger partial charge in [-0.05, 0) is 51.3 Å². The van der Waals surface area contributed by atoms with E-state index in [0.29, 0.717) is 12.5 Å². The van der Waals surface area contributed by atoms with Crippen LogP contribution in [-0.2, 0) is 4.74 Å². The highest BCUT2D eigenvalue weighted by atomic mass is 16.5.